The molecular formula is C18H29NO5Si. The summed E-state index contributed by atoms with van der Waals surface area (Å²) in [6, 6.07) is 8.22. The van der Waals surface area contributed by atoms with Gasteiger partial charge in [0, 0.05) is 11.3 Å². The summed E-state index contributed by atoms with van der Waals surface area (Å²) in [6.07, 6.45) is -0.623. The summed E-state index contributed by atoms with van der Waals surface area (Å²) < 4.78 is 11.1. The molecule has 25 heavy (non-hydrogen) atoms. The number of benzene rings is 1. The van der Waals surface area contributed by atoms with E-state index < -0.39 is 26.4 Å². The van der Waals surface area contributed by atoms with Gasteiger partial charge in [0.25, 0.3) is 0 Å². The number of rotatable bonds is 8. The van der Waals surface area contributed by atoms with Crippen molar-refractivity contribution < 1.29 is 18.9 Å². The Kier molecular flexibility index (Phi) is 7.31. The molecule has 1 aromatic rings. The first-order valence-corrected chi connectivity index (χ1v) is 11.3. The van der Waals surface area contributed by atoms with E-state index >= 15 is 0 Å². The molecule has 0 aliphatic carbocycles. The fourth-order valence-electron chi connectivity index (χ4n) is 2.24. The van der Waals surface area contributed by atoms with Crippen molar-refractivity contribution in [3.8, 4) is 0 Å². The summed E-state index contributed by atoms with van der Waals surface area (Å²) in [4.78, 5) is 22.9. The third-order valence-electron chi connectivity index (χ3n) is 4.85. The first-order valence-electron chi connectivity index (χ1n) is 8.42. The van der Waals surface area contributed by atoms with Gasteiger partial charge in [-0.1, -0.05) is 51.1 Å². The van der Waals surface area contributed by atoms with Crippen LogP contribution in [0.15, 0.2) is 30.3 Å². The highest BCUT2D eigenvalue weighted by atomic mass is 28.4. The Bertz CT molecular complexity index is 583. The normalized spacial score (nSPS) is 14.6. The predicted molar refractivity (Wildman–Crippen MR) is 99.5 cm³/mol. The zero-order valence-electron chi connectivity index (χ0n) is 15.9. The summed E-state index contributed by atoms with van der Waals surface area (Å²) in [6.45, 7) is 10.4. The second kappa shape index (κ2) is 8.58. The van der Waals surface area contributed by atoms with Gasteiger partial charge in [-0.15, -0.1) is 0 Å². The number of methoxy groups -OCH3 is 1. The van der Waals surface area contributed by atoms with Crippen molar-refractivity contribution in [1.82, 2.24) is 0 Å². The monoisotopic (exact) mass is 367 g/mol. The highest BCUT2D eigenvalue weighted by molar-refractivity contribution is 6.74. The Morgan fingerprint density at radius 1 is 1.24 bits per heavy atom. The molecule has 0 N–H and O–H groups in total. The third kappa shape index (κ3) is 5.93. The van der Waals surface area contributed by atoms with Gasteiger partial charge in [0.05, 0.1) is 13.5 Å². The summed E-state index contributed by atoms with van der Waals surface area (Å²) in [7, 11) is -0.962. The molecule has 0 fully saturated rings. The van der Waals surface area contributed by atoms with Crippen molar-refractivity contribution in [2.45, 2.75) is 63.9 Å². The van der Waals surface area contributed by atoms with Crippen LogP contribution in [0.1, 0.15) is 45.3 Å². The second-order valence-electron chi connectivity index (χ2n) is 7.68. The van der Waals surface area contributed by atoms with Gasteiger partial charge in [-0.25, -0.2) is 0 Å². The molecule has 0 aliphatic heterocycles. The predicted octanol–water partition coefficient (Wildman–Crippen LogP) is 4.35. The molecule has 0 aliphatic rings. The van der Waals surface area contributed by atoms with Gasteiger partial charge in [0.2, 0.25) is 6.04 Å². The lowest BCUT2D eigenvalue weighted by Crippen LogP contribution is -2.45. The molecule has 0 aromatic heterocycles. The van der Waals surface area contributed by atoms with E-state index in [0.717, 1.165) is 5.56 Å². The Morgan fingerprint density at radius 2 is 1.80 bits per heavy atom. The number of esters is 1. The van der Waals surface area contributed by atoms with Crippen LogP contribution in [0.3, 0.4) is 0 Å². The highest BCUT2D eigenvalue weighted by Crippen LogP contribution is 2.41. The molecule has 140 valence electrons. The number of nitrogens with zero attached hydrogens (tertiary/aromatic N) is 1. The maximum atomic E-state index is 11.7. The minimum atomic E-state index is -2.24. The lowest BCUT2D eigenvalue weighted by atomic mass is 9.99. The molecule has 7 heteroatoms. The Morgan fingerprint density at radius 3 is 2.24 bits per heavy atom. The molecule has 0 radical (unpaired) electrons. The Labute approximate surface area is 150 Å². The second-order valence-corrected chi connectivity index (χ2v) is 12.4. The van der Waals surface area contributed by atoms with Crippen LogP contribution in [0.25, 0.3) is 0 Å². The van der Waals surface area contributed by atoms with Crippen molar-refractivity contribution in [2.75, 3.05) is 7.11 Å². The minimum absolute atomic E-state index is 0.00760. The zero-order valence-corrected chi connectivity index (χ0v) is 16.9. The molecule has 1 aromatic carbocycles. The Balaban J connectivity index is 3.19. The van der Waals surface area contributed by atoms with Crippen LogP contribution < -0.4 is 0 Å². The van der Waals surface area contributed by atoms with E-state index in [1.54, 1.807) is 0 Å². The van der Waals surface area contributed by atoms with Gasteiger partial charge in [-0.2, -0.15) is 0 Å². The average Bonchev–Trinajstić information content (AvgIpc) is 2.53. The number of ether oxygens (including phenoxy) is 1. The van der Waals surface area contributed by atoms with E-state index in [2.05, 4.69) is 38.6 Å². The molecule has 2 atom stereocenters. The van der Waals surface area contributed by atoms with Crippen LogP contribution in [0.4, 0.5) is 0 Å². The highest BCUT2D eigenvalue weighted by Gasteiger charge is 2.44. The molecule has 0 saturated carbocycles. The van der Waals surface area contributed by atoms with Gasteiger partial charge >= 0.3 is 5.97 Å². The van der Waals surface area contributed by atoms with E-state index in [1.165, 1.54) is 7.11 Å². The molecule has 0 amide bonds. The lowest BCUT2D eigenvalue weighted by molar-refractivity contribution is -0.535. The summed E-state index contributed by atoms with van der Waals surface area (Å²) >= 11 is 0. The van der Waals surface area contributed by atoms with Crippen LogP contribution >= 0.6 is 0 Å². The van der Waals surface area contributed by atoms with Gasteiger partial charge in [0.1, 0.15) is 6.10 Å². The van der Waals surface area contributed by atoms with Crippen molar-refractivity contribution >= 4 is 14.3 Å². The van der Waals surface area contributed by atoms with Gasteiger partial charge in [-0.05, 0) is 23.7 Å². The SMILES string of the molecule is COC(=O)CC[C@H]([C@H](O[Si](C)(C)C(C)(C)C)c1ccccc1)[N+](=O)[O-]. The quantitative estimate of drug-likeness (QED) is 0.295. The zero-order chi connectivity index (χ0) is 19.3. The summed E-state index contributed by atoms with van der Waals surface area (Å²) in [5.74, 6) is -0.453. The first kappa shape index (κ1) is 21.3. The van der Waals surface area contributed by atoms with E-state index in [0.29, 0.717) is 0 Å². The smallest absolute Gasteiger partial charge is 0.305 e. The summed E-state index contributed by atoms with van der Waals surface area (Å²) in [5, 5.41) is 11.7. The topological polar surface area (TPSA) is 78.7 Å². The van der Waals surface area contributed by atoms with E-state index in [4.69, 9.17) is 4.43 Å². The van der Waals surface area contributed by atoms with Crippen LogP contribution in [0, 0.1) is 10.1 Å². The van der Waals surface area contributed by atoms with Crippen molar-refractivity contribution in [2.24, 2.45) is 0 Å². The molecule has 0 spiro atoms. The fraction of sp³-hybridized carbons (Fsp3) is 0.611. The molecule has 0 unspecified atom stereocenters. The number of carbonyl (C=O) groups excluding carboxylic acids is 1. The molecule has 6 nitrogen and oxygen atoms in total. The largest absolute Gasteiger partial charge is 0.469 e. The van der Waals surface area contributed by atoms with Crippen molar-refractivity contribution in [3.05, 3.63) is 46.0 Å². The van der Waals surface area contributed by atoms with Gasteiger partial charge in [0.15, 0.2) is 8.32 Å². The van der Waals surface area contributed by atoms with E-state index in [1.807, 2.05) is 30.3 Å². The number of carbonyl (C=O) groups is 1. The average molecular weight is 368 g/mol. The minimum Gasteiger partial charge on any atom is -0.469 e. The van der Waals surface area contributed by atoms with E-state index in [9.17, 15) is 14.9 Å². The van der Waals surface area contributed by atoms with Crippen LogP contribution in [0.2, 0.25) is 18.1 Å². The van der Waals surface area contributed by atoms with E-state index in [-0.39, 0.29) is 22.8 Å². The third-order valence-corrected chi connectivity index (χ3v) is 9.30. The number of hydrogen-bond acceptors (Lipinski definition) is 5. The van der Waals surface area contributed by atoms with Gasteiger partial charge < -0.3 is 9.16 Å². The Hall–Kier alpha value is -1.73. The van der Waals surface area contributed by atoms with Crippen LogP contribution in [0.5, 0.6) is 0 Å². The standard InChI is InChI=1S/C18H29NO5Si/c1-18(2,3)25(5,6)24-17(14-10-8-7-9-11-14)15(19(21)22)12-13-16(20)23-4/h7-11,15,17H,12-13H2,1-6H3/t15-,17-/m1/s1. The molecule has 1 rings (SSSR count). The van der Waals surface area contributed by atoms with Crippen molar-refractivity contribution in [1.29, 1.82) is 0 Å². The van der Waals surface area contributed by atoms with Gasteiger partial charge in [-0.3, -0.25) is 14.9 Å². The maximum Gasteiger partial charge on any atom is 0.305 e. The van der Waals surface area contributed by atoms with Crippen LogP contribution in [-0.2, 0) is 14.0 Å². The number of hydrogen-bond donors (Lipinski definition) is 0. The molecular weight excluding hydrogens is 338 g/mol. The number of nitro groups is 1. The lowest BCUT2D eigenvalue weighted by Gasteiger charge is -2.39. The molecule has 0 saturated heterocycles. The molecule has 0 bridgehead atoms. The summed E-state index contributed by atoms with van der Waals surface area (Å²) in [5.41, 5.74) is 0.763. The van der Waals surface area contributed by atoms with Crippen LogP contribution in [-0.4, -0.2) is 32.4 Å². The fourth-order valence-corrected chi connectivity index (χ4v) is 3.52. The maximum absolute atomic E-state index is 11.7. The van der Waals surface area contributed by atoms with Crippen molar-refractivity contribution in [3.63, 3.8) is 0 Å². The first-order chi connectivity index (χ1) is 11.5. The molecule has 0 heterocycles.